The molecule has 0 saturated carbocycles. The highest BCUT2D eigenvalue weighted by atomic mass is 15.2. The van der Waals surface area contributed by atoms with Gasteiger partial charge in [0, 0.05) is 25.4 Å². The maximum Gasteiger partial charge on any atom is 0.132 e. The second kappa shape index (κ2) is 6.35. The Morgan fingerprint density at radius 3 is 2.21 bits per heavy atom. The standard InChI is InChI=1S/C9H15N3.C2H6/c1-5-12(4)9-6-7(2)10-8(3)11-9;1-2/h6H,5H2,1-4H3;1-2H3. The van der Waals surface area contributed by atoms with Crippen LogP contribution in [-0.2, 0) is 0 Å². The second-order valence-electron chi connectivity index (χ2n) is 2.93. The Hall–Kier alpha value is -1.12. The molecule has 0 bridgehead atoms. The first-order valence-corrected chi connectivity index (χ1v) is 5.17. The fourth-order valence-corrected chi connectivity index (χ4v) is 1.05. The molecule has 1 aromatic rings. The molecule has 0 radical (unpaired) electrons. The summed E-state index contributed by atoms with van der Waals surface area (Å²) in [6.45, 7) is 11.0. The van der Waals surface area contributed by atoms with Crippen LogP contribution < -0.4 is 4.90 Å². The lowest BCUT2D eigenvalue weighted by molar-refractivity contribution is 0.902. The van der Waals surface area contributed by atoms with E-state index in [9.17, 15) is 0 Å². The van der Waals surface area contributed by atoms with Gasteiger partial charge < -0.3 is 4.90 Å². The van der Waals surface area contributed by atoms with Gasteiger partial charge in [0.15, 0.2) is 0 Å². The van der Waals surface area contributed by atoms with Crippen LogP contribution in [0.4, 0.5) is 5.82 Å². The molecule has 0 fully saturated rings. The Labute approximate surface area is 87.2 Å². The zero-order valence-electron chi connectivity index (χ0n) is 10.1. The summed E-state index contributed by atoms with van der Waals surface area (Å²) in [5, 5.41) is 0. The van der Waals surface area contributed by atoms with Crippen molar-refractivity contribution in [3.05, 3.63) is 17.6 Å². The first-order valence-electron chi connectivity index (χ1n) is 5.17. The van der Waals surface area contributed by atoms with Gasteiger partial charge >= 0.3 is 0 Å². The quantitative estimate of drug-likeness (QED) is 0.726. The molecule has 80 valence electrons. The molecule has 3 nitrogen and oxygen atoms in total. The summed E-state index contributed by atoms with van der Waals surface area (Å²) in [6, 6.07) is 2.00. The van der Waals surface area contributed by atoms with Gasteiger partial charge in [-0.2, -0.15) is 0 Å². The van der Waals surface area contributed by atoms with Crippen LogP contribution in [0.15, 0.2) is 6.07 Å². The molecule has 0 aliphatic carbocycles. The predicted molar refractivity (Wildman–Crippen MR) is 61.8 cm³/mol. The maximum atomic E-state index is 4.32. The van der Waals surface area contributed by atoms with E-state index in [1.165, 1.54) is 0 Å². The molecule has 14 heavy (non-hydrogen) atoms. The minimum Gasteiger partial charge on any atom is -0.360 e. The van der Waals surface area contributed by atoms with Crippen molar-refractivity contribution in [1.82, 2.24) is 9.97 Å². The number of nitrogens with zero attached hydrogens (tertiary/aromatic N) is 3. The zero-order valence-corrected chi connectivity index (χ0v) is 10.1. The van der Waals surface area contributed by atoms with E-state index < -0.39 is 0 Å². The molecule has 0 spiro atoms. The van der Waals surface area contributed by atoms with Crippen LogP contribution in [0, 0.1) is 13.8 Å². The number of anilines is 1. The van der Waals surface area contributed by atoms with Crippen molar-refractivity contribution < 1.29 is 0 Å². The van der Waals surface area contributed by atoms with Gasteiger partial charge in [-0.1, -0.05) is 13.8 Å². The molecular weight excluding hydrogens is 174 g/mol. The molecule has 1 aromatic heterocycles. The van der Waals surface area contributed by atoms with Crippen LogP contribution >= 0.6 is 0 Å². The molecule has 0 aromatic carbocycles. The lowest BCUT2D eigenvalue weighted by atomic mass is 10.4. The zero-order chi connectivity index (χ0) is 11.1. The van der Waals surface area contributed by atoms with Gasteiger partial charge in [-0.05, 0) is 20.8 Å². The Morgan fingerprint density at radius 2 is 1.79 bits per heavy atom. The third-order valence-electron chi connectivity index (χ3n) is 1.82. The topological polar surface area (TPSA) is 29.0 Å². The van der Waals surface area contributed by atoms with Gasteiger partial charge in [-0.3, -0.25) is 0 Å². The number of aromatic nitrogens is 2. The van der Waals surface area contributed by atoms with Crippen molar-refractivity contribution in [3.63, 3.8) is 0 Å². The third-order valence-corrected chi connectivity index (χ3v) is 1.82. The average molecular weight is 195 g/mol. The van der Waals surface area contributed by atoms with Gasteiger partial charge in [0.05, 0.1) is 0 Å². The van der Waals surface area contributed by atoms with E-state index >= 15 is 0 Å². The normalized spacial score (nSPS) is 9.00. The predicted octanol–water partition coefficient (Wildman–Crippen LogP) is 2.58. The van der Waals surface area contributed by atoms with Crippen LogP contribution in [0.2, 0.25) is 0 Å². The maximum absolute atomic E-state index is 4.32. The summed E-state index contributed by atoms with van der Waals surface area (Å²) in [5.41, 5.74) is 1.03. The van der Waals surface area contributed by atoms with Crippen molar-refractivity contribution in [1.29, 1.82) is 0 Å². The van der Waals surface area contributed by atoms with Crippen molar-refractivity contribution in [3.8, 4) is 0 Å². The van der Waals surface area contributed by atoms with Crippen LogP contribution in [0.3, 0.4) is 0 Å². The van der Waals surface area contributed by atoms with Gasteiger partial charge in [0.2, 0.25) is 0 Å². The molecule has 0 unspecified atom stereocenters. The van der Waals surface area contributed by atoms with Gasteiger partial charge in [0.1, 0.15) is 11.6 Å². The van der Waals surface area contributed by atoms with E-state index in [0.29, 0.717) is 0 Å². The molecular formula is C11H21N3. The van der Waals surface area contributed by atoms with Crippen LogP contribution in [0.25, 0.3) is 0 Å². The van der Waals surface area contributed by atoms with E-state index in [1.807, 2.05) is 40.8 Å². The summed E-state index contributed by atoms with van der Waals surface area (Å²) in [6.07, 6.45) is 0. The first-order chi connectivity index (χ1) is 6.63. The molecule has 0 atom stereocenters. The fraction of sp³-hybridized carbons (Fsp3) is 0.636. The minimum atomic E-state index is 0.838. The highest BCUT2D eigenvalue weighted by Crippen LogP contribution is 2.09. The monoisotopic (exact) mass is 195 g/mol. The van der Waals surface area contributed by atoms with Crippen molar-refractivity contribution in [2.24, 2.45) is 0 Å². The average Bonchev–Trinajstić information content (AvgIpc) is 2.18. The van der Waals surface area contributed by atoms with Gasteiger partial charge in [-0.25, -0.2) is 9.97 Å². The SMILES string of the molecule is CC.CCN(C)c1cc(C)nc(C)n1. The largest absolute Gasteiger partial charge is 0.360 e. The Balaban J connectivity index is 0.000000791. The molecule has 0 aliphatic heterocycles. The number of hydrogen-bond acceptors (Lipinski definition) is 3. The van der Waals surface area contributed by atoms with Crippen molar-refractivity contribution in [2.75, 3.05) is 18.5 Å². The van der Waals surface area contributed by atoms with E-state index in [0.717, 1.165) is 23.9 Å². The summed E-state index contributed by atoms with van der Waals surface area (Å²) >= 11 is 0. The highest BCUT2D eigenvalue weighted by molar-refractivity contribution is 5.38. The highest BCUT2D eigenvalue weighted by Gasteiger charge is 2.01. The second-order valence-corrected chi connectivity index (χ2v) is 2.93. The molecule has 1 heterocycles. The summed E-state index contributed by atoms with van der Waals surface area (Å²) < 4.78 is 0. The fourth-order valence-electron chi connectivity index (χ4n) is 1.05. The van der Waals surface area contributed by atoms with Gasteiger partial charge in [0.25, 0.3) is 0 Å². The Bertz CT molecular complexity index is 251. The molecule has 0 amide bonds. The third kappa shape index (κ3) is 3.73. The Morgan fingerprint density at radius 1 is 1.21 bits per heavy atom. The Kier molecular flexibility index (Phi) is 5.84. The summed E-state index contributed by atoms with van der Waals surface area (Å²) in [5.74, 6) is 1.84. The summed E-state index contributed by atoms with van der Waals surface area (Å²) in [7, 11) is 2.03. The number of aryl methyl sites for hydroxylation is 2. The van der Waals surface area contributed by atoms with Crippen molar-refractivity contribution in [2.45, 2.75) is 34.6 Å². The minimum absolute atomic E-state index is 0.838. The van der Waals surface area contributed by atoms with Gasteiger partial charge in [-0.15, -0.1) is 0 Å². The molecule has 3 heteroatoms. The smallest absolute Gasteiger partial charge is 0.132 e. The van der Waals surface area contributed by atoms with Crippen LogP contribution in [-0.4, -0.2) is 23.6 Å². The van der Waals surface area contributed by atoms with E-state index in [-0.39, 0.29) is 0 Å². The van der Waals surface area contributed by atoms with Crippen LogP contribution in [0.5, 0.6) is 0 Å². The lowest BCUT2D eigenvalue weighted by Gasteiger charge is -2.15. The van der Waals surface area contributed by atoms with E-state index in [1.54, 1.807) is 0 Å². The van der Waals surface area contributed by atoms with Crippen molar-refractivity contribution >= 4 is 5.82 Å². The molecule has 0 N–H and O–H groups in total. The van der Waals surface area contributed by atoms with E-state index in [2.05, 4.69) is 21.8 Å². The number of hydrogen-bond donors (Lipinski definition) is 0. The molecule has 1 rings (SSSR count). The molecule has 0 aliphatic rings. The lowest BCUT2D eigenvalue weighted by Crippen LogP contribution is -2.18. The number of rotatable bonds is 2. The first kappa shape index (κ1) is 12.9. The summed E-state index contributed by atoms with van der Waals surface area (Å²) in [4.78, 5) is 10.6. The van der Waals surface area contributed by atoms with Crippen LogP contribution in [0.1, 0.15) is 32.3 Å². The van der Waals surface area contributed by atoms with E-state index in [4.69, 9.17) is 0 Å². The molecule has 0 saturated heterocycles.